The highest BCUT2D eigenvalue weighted by atomic mass is 19.4. The molecule has 0 saturated carbocycles. The smallest absolute Gasteiger partial charge is 0.407 e. The summed E-state index contributed by atoms with van der Waals surface area (Å²) in [4.78, 5) is 35.1. The number of alkyl halides is 3. The number of carbonyl (C=O) groups is 3. The predicted molar refractivity (Wildman–Crippen MR) is 122 cm³/mol. The summed E-state index contributed by atoms with van der Waals surface area (Å²) in [5.41, 5.74) is 4.35. The molecule has 0 saturated heterocycles. The van der Waals surface area contributed by atoms with Gasteiger partial charge in [0.1, 0.15) is 6.61 Å². The first-order valence-electron chi connectivity index (χ1n) is 11.3. The minimum atomic E-state index is -4.96. The molecule has 1 aliphatic carbocycles. The summed E-state index contributed by atoms with van der Waals surface area (Å²) in [6.45, 7) is 0.871. The maximum Gasteiger partial charge on any atom is 0.407 e. The number of carboxylic acids is 1. The van der Waals surface area contributed by atoms with Crippen LogP contribution < -0.4 is 10.6 Å². The molecule has 0 fully saturated rings. The molecule has 0 aromatic heterocycles. The number of hydrogen-bond acceptors (Lipinski definition) is 4. The molecule has 1 aliphatic rings. The summed E-state index contributed by atoms with van der Waals surface area (Å²) in [6.07, 6.45) is -5.15. The van der Waals surface area contributed by atoms with Crippen molar-refractivity contribution in [2.24, 2.45) is 5.92 Å². The van der Waals surface area contributed by atoms with Crippen LogP contribution in [0, 0.1) is 5.92 Å². The average molecular weight is 492 g/mol. The maximum absolute atomic E-state index is 12.7. The Hall–Kier alpha value is -3.56. The van der Waals surface area contributed by atoms with E-state index >= 15 is 0 Å². The normalized spacial score (nSPS) is 14.4. The van der Waals surface area contributed by atoms with Crippen molar-refractivity contribution >= 4 is 18.0 Å². The number of nitrogens with one attached hydrogen (secondary N) is 2. The van der Waals surface area contributed by atoms with Gasteiger partial charge in [0.15, 0.2) is 5.92 Å². The van der Waals surface area contributed by atoms with Crippen molar-refractivity contribution in [2.45, 2.75) is 44.3 Å². The number of alkyl carbamates (subject to hydrolysis) is 1. The molecule has 3 rings (SSSR count). The number of carboxylic acid groups (broad SMARTS) is 1. The van der Waals surface area contributed by atoms with Crippen LogP contribution >= 0.6 is 0 Å². The van der Waals surface area contributed by atoms with Gasteiger partial charge in [-0.25, -0.2) is 4.79 Å². The van der Waals surface area contributed by atoms with E-state index in [2.05, 4.69) is 5.32 Å². The fourth-order valence-electron chi connectivity index (χ4n) is 4.14. The molecule has 2 unspecified atom stereocenters. The van der Waals surface area contributed by atoms with E-state index in [0.717, 1.165) is 22.3 Å². The highest BCUT2D eigenvalue weighted by Crippen LogP contribution is 2.44. The Kier molecular flexibility index (Phi) is 8.37. The summed E-state index contributed by atoms with van der Waals surface area (Å²) in [7, 11) is 0. The van der Waals surface area contributed by atoms with Crippen LogP contribution in [0.5, 0.6) is 0 Å². The van der Waals surface area contributed by atoms with E-state index in [1.807, 2.05) is 53.8 Å². The second-order valence-electron chi connectivity index (χ2n) is 8.35. The van der Waals surface area contributed by atoms with Gasteiger partial charge in [0, 0.05) is 24.9 Å². The van der Waals surface area contributed by atoms with Gasteiger partial charge in [-0.3, -0.25) is 9.59 Å². The highest BCUT2D eigenvalue weighted by molar-refractivity contribution is 5.79. The van der Waals surface area contributed by atoms with Gasteiger partial charge in [0.05, 0.1) is 0 Å². The number of fused-ring (bicyclic) bond motifs is 3. The fraction of sp³-hybridized carbons (Fsp3) is 0.400. The highest BCUT2D eigenvalue weighted by Gasteiger charge is 2.45. The Morgan fingerprint density at radius 3 is 2.11 bits per heavy atom. The summed E-state index contributed by atoms with van der Waals surface area (Å²) in [5.74, 6) is -5.56. The number of benzene rings is 2. The Labute approximate surface area is 200 Å². The van der Waals surface area contributed by atoms with Gasteiger partial charge in [0.2, 0.25) is 5.91 Å². The van der Waals surface area contributed by atoms with Crippen molar-refractivity contribution in [2.75, 3.05) is 13.2 Å². The van der Waals surface area contributed by atoms with Crippen LogP contribution in [0.3, 0.4) is 0 Å². The zero-order valence-corrected chi connectivity index (χ0v) is 19.1. The monoisotopic (exact) mass is 492 g/mol. The van der Waals surface area contributed by atoms with Gasteiger partial charge < -0.3 is 20.5 Å². The number of carbonyl (C=O) groups excluding carboxylic acids is 2. The van der Waals surface area contributed by atoms with Crippen LogP contribution in [0.4, 0.5) is 18.0 Å². The van der Waals surface area contributed by atoms with Crippen LogP contribution in [0.2, 0.25) is 0 Å². The Bertz CT molecular complexity index is 1030. The largest absolute Gasteiger partial charge is 0.481 e. The molecule has 7 nitrogen and oxygen atoms in total. The molecule has 0 heterocycles. The van der Waals surface area contributed by atoms with Gasteiger partial charge >= 0.3 is 18.2 Å². The van der Waals surface area contributed by atoms with E-state index in [9.17, 15) is 27.6 Å². The number of halogens is 3. The van der Waals surface area contributed by atoms with Crippen LogP contribution in [-0.2, 0) is 14.3 Å². The second-order valence-corrected chi connectivity index (χ2v) is 8.35. The van der Waals surface area contributed by atoms with Crippen molar-refractivity contribution in [1.82, 2.24) is 10.6 Å². The molecule has 0 spiro atoms. The molecule has 0 bridgehead atoms. The zero-order chi connectivity index (χ0) is 25.6. The van der Waals surface area contributed by atoms with Crippen molar-refractivity contribution in [3.63, 3.8) is 0 Å². The van der Waals surface area contributed by atoms with Gasteiger partial charge in [-0.05, 0) is 35.1 Å². The van der Waals surface area contributed by atoms with Gasteiger partial charge in [-0.1, -0.05) is 55.5 Å². The van der Waals surface area contributed by atoms with Gasteiger partial charge in [0.25, 0.3) is 0 Å². The standard InChI is InChI=1S/C25H27F3N2O5/c1-2-15(11-12-22(31)29-13-21(23(32)33)25(26,27)28)30-24(34)35-14-20-18-9-5-3-7-16(18)17-8-4-6-10-19(17)20/h3-10,15,20-21H,2,11-14H2,1H3,(H,29,31)(H,30,34)(H,32,33). The van der Waals surface area contributed by atoms with Crippen LogP contribution in [0.15, 0.2) is 48.5 Å². The van der Waals surface area contributed by atoms with Crippen LogP contribution in [0.1, 0.15) is 43.2 Å². The Balaban J connectivity index is 1.48. The van der Waals surface area contributed by atoms with E-state index in [0.29, 0.717) is 6.42 Å². The second kappa shape index (κ2) is 11.2. The number of ether oxygens (including phenoxy) is 1. The molecule has 2 aromatic carbocycles. The average Bonchev–Trinajstić information content (AvgIpc) is 3.13. The third-order valence-corrected chi connectivity index (χ3v) is 6.07. The number of hydrogen-bond donors (Lipinski definition) is 3. The topological polar surface area (TPSA) is 105 Å². The van der Waals surface area contributed by atoms with E-state index < -0.39 is 42.7 Å². The van der Waals surface area contributed by atoms with Gasteiger partial charge in [-0.2, -0.15) is 13.2 Å². The zero-order valence-electron chi connectivity index (χ0n) is 19.1. The first-order valence-corrected chi connectivity index (χ1v) is 11.3. The van der Waals surface area contributed by atoms with Crippen molar-refractivity contribution in [3.05, 3.63) is 59.7 Å². The molecule has 10 heteroatoms. The van der Waals surface area contributed by atoms with Gasteiger partial charge in [-0.15, -0.1) is 0 Å². The summed E-state index contributed by atoms with van der Waals surface area (Å²) in [6, 6.07) is 15.4. The van der Waals surface area contributed by atoms with Crippen LogP contribution in [-0.4, -0.2) is 48.4 Å². The molecule has 2 aromatic rings. The molecule has 0 aliphatic heterocycles. The number of aliphatic carboxylic acids is 1. The van der Waals surface area contributed by atoms with E-state index in [1.165, 1.54) is 0 Å². The first-order chi connectivity index (χ1) is 16.6. The summed E-state index contributed by atoms with van der Waals surface area (Å²) >= 11 is 0. The third kappa shape index (κ3) is 6.52. The Morgan fingerprint density at radius 2 is 1.60 bits per heavy atom. The molecular weight excluding hydrogens is 465 g/mol. The molecule has 35 heavy (non-hydrogen) atoms. The number of amides is 2. The summed E-state index contributed by atoms with van der Waals surface area (Å²) in [5, 5.41) is 13.4. The van der Waals surface area contributed by atoms with Crippen molar-refractivity contribution in [1.29, 1.82) is 0 Å². The quantitative estimate of drug-likeness (QED) is 0.454. The lowest BCUT2D eigenvalue weighted by molar-refractivity contribution is -0.192. The molecule has 2 amide bonds. The maximum atomic E-state index is 12.7. The van der Waals surface area contributed by atoms with Crippen molar-refractivity contribution in [3.8, 4) is 11.1 Å². The fourth-order valence-corrected chi connectivity index (χ4v) is 4.14. The molecule has 0 radical (unpaired) electrons. The lowest BCUT2D eigenvalue weighted by Crippen LogP contribution is -2.41. The lowest BCUT2D eigenvalue weighted by atomic mass is 9.98. The first kappa shape index (κ1) is 26.1. The van der Waals surface area contributed by atoms with Crippen LogP contribution in [0.25, 0.3) is 11.1 Å². The minimum absolute atomic E-state index is 0.102. The lowest BCUT2D eigenvalue weighted by Gasteiger charge is -2.19. The van der Waals surface area contributed by atoms with E-state index in [-0.39, 0.29) is 25.4 Å². The molecular formula is C25H27F3N2O5. The number of rotatable bonds is 10. The predicted octanol–water partition coefficient (Wildman–Crippen LogP) is 4.46. The molecule has 2 atom stereocenters. The van der Waals surface area contributed by atoms with Crippen molar-refractivity contribution < 1.29 is 37.4 Å². The van der Waals surface area contributed by atoms with E-state index in [1.54, 1.807) is 6.92 Å². The molecule has 3 N–H and O–H groups in total. The minimum Gasteiger partial charge on any atom is -0.481 e. The Morgan fingerprint density at radius 1 is 1.03 bits per heavy atom. The van der Waals surface area contributed by atoms with E-state index in [4.69, 9.17) is 9.84 Å². The third-order valence-electron chi connectivity index (χ3n) is 6.07. The molecule has 188 valence electrons. The summed E-state index contributed by atoms with van der Waals surface area (Å²) < 4.78 is 43.5. The SMILES string of the molecule is CCC(CCC(=O)NCC(C(=O)O)C(F)(F)F)NC(=O)OCC1c2ccccc2-c2ccccc21.